The van der Waals surface area contributed by atoms with Crippen LogP contribution >= 0.6 is 11.6 Å². The number of aromatic nitrogens is 2. The van der Waals surface area contributed by atoms with Gasteiger partial charge in [0.15, 0.2) is 5.78 Å². The second-order valence-electron chi connectivity index (χ2n) is 7.07. The summed E-state index contributed by atoms with van der Waals surface area (Å²) in [6.45, 7) is 3.93. The summed E-state index contributed by atoms with van der Waals surface area (Å²) in [4.78, 5) is 41.2. The first-order chi connectivity index (χ1) is 13.3. The van der Waals surface area contributed by atoms with E-state index in [1.165, 1.54) is 14.1 Å². The molecule has 1 fully saturated rings. The highest BCUT2D eigenvalue weighted by Gasteiger charge is 2.24. The first-order valence-electron chi connectivity index (χ1n) is 9.05. The molecule has 1 aromatic carbocycles. The number of ketones is 1. The minimum absolute atomic E-state index is 0.0855. The van der Waals surface area contributed by atoms with Crippen molar-refractivity contribution >= 4 is 23.2 Å². The normalized spacial score (nSPS) is 15.7. The van der Waals surface area contributed by atoms with Gasteiger partial charge in [-0.1, -0.05) is 23.7 Å². The number of hydrogen-bond acceptors (Lipinski definition) is 6. The predicted octanol–water partition coefficient (Wildman–Crippen LogP) is 0.320. The van der Waals surface area contributed by atoms with Gasteiger partial charge in [0.1, 0.15) is 11.4 Å². The van der Waals surface area contributed by atoms with Crippen LogP contribution in [0.5, 0.6) is 0 Å². The third-order valence-corrected chi connectivity index (χ3v) is 5.35. The summed E-state index contributed by atoms with van der Waals surface area (Å²) >= 11 is 6.04. The van der Waals surface area contributed by atoms with Gasteiger partial charge in [0.25, 0.3) is 5.56 Å². The van der Waals surface area contributed by atoms with Crippen LogP contribution in [0.4, 0.5) is 5.82 Å². The number of carbonyl (C=O) groups excluding carboxylic acids is 1. The number of piperazine rings is 1. The van der Waals surface area contributed by atoms with Gasteiger partial charge in [-0.3, -0.25) is 28.5 Å². The smallest absolute Gasteiger partial charge is 0.332 e. The Kier molecular flexibility index (Phi) is 6.02. The maximum Gasteiger partial charge on any atom is 0.332 e. The SMILES string of the molecule is Cn1c(N)c(C(=O)CN2CCN(Cc3cccc(Cl)c3)CC2)c(=O)n(C)c1=O. The molecule has 8 nitrogen and oxygen atoms in total. The molecule has 0 atom stereocenters. The highest BCUT2D eigenvalue weighted by atomic mass is 35.5. The van der Waals surface area contributed by atoms with E-state index in [1.807, 2.05) is 29.2 Å². The van der Waals surface area contributed by atoms with Crippen LogP contribution in [0.3, 0.4) is 0 Å². The molecule has 9 heteroatoms. The summed E-state index contributed by atoms with van der Waals surface area (Å²) in [5, 5.41) is 0.721. The van der Waals surface area contributed by atoms with E-state index in [9.17, 15) is 14.4 Å². The maximum atomic E-state index is 12.7. The van der Waals surface area contributed by atoms with Crippen molar-refractivity contribution < 1.29 is 4.79 Å². The fourth-order valence-corrected chi connectivity index (χ4v) is 3.62. The predicted molar refractivity (Wildman–Crippen MR) is 109 cm³/mol. The van der Waals surface area contributed by atoms with E-state index in [0.29, 0.717) is 13.1 Å². The Bertz CT molecular complexity index is 1010. The van der Waals surface area contributed by atoms with E-state index >= 15 is 0 Å². The van der Waals surface area contributed by atoms with Crippen molar-refractivity contribution in [3.63, 3.8) is 0 Å². The summed E-state index contributed by atoms with van der Waals surface area (Å²) in [5.74, 6) is -0.449. The van der Waals surface area contributed by atoms with Gasteiger partial charge in [0, 0.05) is 51.8 Å². The molecule has 0 radical (unpaired) electrons. The van der Waals surface area contributed by atoms with Crippen LogP contribution in [-0.2, 0) is 20.6 Å². The second kappa shape index (κ2) is 8.30. The molecule has 1 aromatic heterocycles. The van der Waals surface area contributed by atoms with Crippen LogP contribution in [-0.4, -0.2) is 57.4 Å². The third kappa shape index (κ3) is 4.19. The van der Waals surface area contributed by atoms with Gasteiger partial charge in [0.05, 0.1) is 6.54 Å². The van der Waals surface area contributed by atoms with Crippen LogP contribution in [0.1, 0.15) is 15.9 Å². The Balaban J connectivity index is 1.63. The first kappa shape index (κ1) is 20.3. The Labute approximate surface area is 167 Å². The second-order valence-corrected chi connectivity index (χ2v) is 7.51. The molecule has 1 aliphatic heterocycles. The molecular formula is C19H24ClN5O3. The van der Waals surface area contributed by atoms with Gasteiger partial charge in [-0.15, -0.1) is 0 Å². The van der Waals surface area contributed by atoms with Crippen molar-refractivity contribution in [3.05, 3.63) is 61.3 Å². The van der Waals surface area contributed by atoms with Crippen molar-refractivity contribution in [1.29, 1.82) is 0 Å². The molecule has 0 bridgehead atoms. The molecule has 1 saturated heterocycles. The molecule has 28 heavy (non-hydrogen) atoms. The molecular weight excluding hydrogens is 382 g/mol. The number of carbonyl (C=O) groups is 1. The lowest BCUT2D eigenvalue weighted by Crippen LogP contribution is -2.48. The van der Waals surface area contributed by atoms with Gasteiger partial charge < -0.3 is 5.73 Å². The zero-order valence-corrected chi connectivity index (χ0v) is 16.8. The zero-order chi connectivity index (χ0) is 20.4. The molecule has 150 valence electrons. The Hall–Kier alpha value is -2.42. The van der Waals surface area contributed by atoms with E-state index < -0.39 is 11.2 Å². The van der Waals surface area contributed by atoms with Gasteiger partial charge >= 0.3 is 5.69 Å². The Morgan fingerprint density at radius 3 is 2.36 bits per heavy atom. The molecule has 3 rings (SSSR count). The summed E-state index contributed by atoms with van der Waals surface area (Å²) in [7, 11) is 2.79. The van der Waals surface area contributed by atoms with Crippen LogP contribution in [0.25, 0.3) is 0 Å². The monoisotopic (exact) mass is 405 g/mol. The van der Waals surface area contributed by atoms with Crippen LogP contribution in [0.15, 0.2) is 33.9 Å². The van der Waals surface area contributed by atoms with Crippen molar-refractivity contribution in [1.82, 2.24) is 18.9 Å². The lowest BCUT2D eigenvalue weighted by molar-refractivity contribution is 0.0842. The molecule has 2 heterocycles. The fourth-order valence-electron chi connectivity index (χ4n) is 3.40. The van der Waals surface area contributed by atoms with Crippen LogP contribution < -0.4 is 17.0 Å². The molecule has 2 N–H and O–H groups in total. The molecule has 0 aliphatic carbocycles. The number of nitrogens with zero attached hydrogens (tertiary/aromatic N) is 4. The van der Waals surface area contributed by atoms with Gasteiger partial charge in [-0.25, -0.2) is 4.79 Å². The number of hydrogen-bond donors (Lipinski definition) is 1. The molecule has 2 aromatic rings. The first-order valence-corrected chi connectivity index (χ1v) is 9.43. The highest BCUT2D eigenvalue weighted by molar-refractivity contribution is 6.30. The number of rotatable bonds is 5. The number of nitrogens with two attached hydrogens (primary N) is 1. The third-order valence-electron chi connectivity index (χ3n) is 5.12. The van der Waals surface area contributed by atoms with E-state index in [4.69, 9.17) is 17.3 Å². The number of halogens is 1. The van der Waals surface area contributed by atoms with Crippen molar-refractivity contribution in [2.45, 2.75) is 6.54 Å². The van der Waals surface area contributed by atoms with E-state index in [0.717, 1.165) is 39.4 Å². The van der Waals surface area contributed by atoms with E-state index in [1.54, 1.807) is 0 Å². The van der Waals surface area contributed by atoms with Crippen LogP contribution in [0.2, 0.25) is 5.02 Å². The minimum atomic E-state index is -0.648. The summed E-state index contributed by atoms with van der Waals surface area (Å²) in [5.41, 5.74) is 5.71. The number of Topliss-reactive ketones (excluding diaryl/α,β-unsaturated/α-hetero) is 1. The fraction of sp³-hybridized carbons (Fsp3) is 0.421. The Morgan fingerprint density at radius 1 is 1.07 bits per heavy atom. The van der Waals surface area contributed by atoms with Crippen molar-refractivity contribution in [2.75, 3.05) is 38.5 Å². The average Bonchev–Trinajstić information content (AvgIpc) is 2.66. The standard InChI is InChI=1S/C19H24ClN5O3/c1-22-17(21)16(18(27)23(2)19(22)28)15(26)12-25-8-6-24(7-9-25)11-13-4-3-5-14(20)10-13/h3-5,10H,6-9,11-12,21H2,1-2H3. The largest absolute Gasteiger partial charge is 0.384 e. The Morgan fingerprint density at radius 2 is 1.71 bits per heavy atom. The van der Waals surface area contributed by atoms with Crippen molar-refractivity contribution in [2.24, 2.45) is 14.1 Å². The molecule has 1 aliphatic rings. The highest BCUT2D eigenvalue weighted by Crippen LogP contribution is 2.14. The molecule has 0 spiro atoms. The minimum Gasteiger partial charge on any atom is -0.384 e. The molecule has 0 unspecified atom stereocenters. The van der Waals surface area contributed by atoms with Crippen LogP contribution in [0, 0.1) is 0 Å². The lowest BCUT2D eigenvalue weighted by atomic mass is 10.1. The average molecular weight is 406 g/mol. The number of benzene rings is 1. The lowest BCUT2D eigenvalue weighted by Gasteiger charge is -2.34. The van der Waals surface area contributed by atoms with Gasteiger partial charge in [-0.2, -0.15) is 0 Å². The zero-order valence-electron chi connectivity index (χ0n) is 16.0. The van der Waals surface area contributed by atoms with Crippen molar-refractivity contribution in [3.8, 4) is 0 Å². The number of nitrogen functional groups attached to an aromatic ring is 1. The van der Waals surface area contributed by atoms with E-state index in [2.05, 4.69) is 4.90 Å². The van der Waals surface area contributed by atoms with Gasteiger partial charge in [-0.05, 0) is 17.7 Å². The maximum absolute atomic E-state index is 12.7. The topological polar surface area (TPSA) is 93.6 Å². The molecule has 0 amide bonds. The summed E-state index contributed by atoms with van der Waals surface area (Å²) in [6, 6.07) is 7.78. The quantitative estimate of drug-likeness (QED) is 0.720. The molecule has 0 saturated carbocycles. The van der Waals surface area contributed by atoms with Gasteiger partial charge in [0.2, 0.25) is 0 Å². The number of anilines is 1. The summed E-state index contributed by atoms with van der Waals surface area (Å²) < 4.78 is 2.03. The summed E-state index contributed by atoms with van der Waals surface area (Å²) in [6.07, 6.45) is 0. The van der Waals surface area contributed by atoms with E-state index in [-0.39, 0.29) is 23.7 Å².